The van der Waals surface area contributed by atoms with Crippen LogP contribution < -0.4 is 10.6 Å². The van der Waals surface area contributed by atoms with Crippen molar-refractivity contribution in [3.05, 3.63) is 11.4 Å². The molecule has 4 nitrogen and oxygen atoms in total. The molecule has 3 rings (SSSR count). The number of rotatable bonds is 2. The lowest BCUT2D eigenvalue weighted by Crippen LogP contribution is -2.36. The van der Waals surface area contributed by atoms with Crippen molar-refractivity contribution in [2.75, 3.05) is 23.7 Å². The van der Waals surface area contributed by atoms with Gasteiger partial charge in [0.2, 0.25) is 5.95 Å². The van der Waals surface area contributed by atoms with E-state index in [-0.39, 0.29) is 0 Å². The largest absolute Gasteiger partial charge is 0.368 e. The van der Waals surface area contributed by atoms with Crippen LogP contribution in [0.3, 0.4) is 0 Å². The molecule has 18 heavy (non-hydrogen) atoms. The van der Waals surface area contributed by atoms with Gasteiger partial charge >= 0.3 is 0 Å². The van der Waals surface area contributed by atoms with Gasteiger partial charge in [-0.15, -0.1) is 11.3 Å². The van der Waals surface area contributed by atoms with E-state index < -0.39 is 0 Å². The van der Waals surface area contributed by atoms with Crippen LogP contribution in [0.5, 0.6) is 0 Å². The molecule has 2 N–H and O–H groups in total. The standard InChI is InChI=1S/C13H18N4S/c1-2-9-4-3-6-17(8-9)11-10-5-7-18-12(10)16-13(14)15-11/h5,7,9H,2-4,6,8H2,1H3,(H2,14,15,16). The Bertz CT molecular complexity index is 551. The van der Waals surface area contributed by atoms with E-state index in [2.05, 4.69) is 33.2 Å². The van der Waals surface area contributed by atoms with E-state index in [1.54, 1.807) is 11.3 Å². The topological polar surface area (TPSA) is 55.0 Å². The summed E-state index contributed by atoms with van der Waals surface area (Å²) in [5.41, 5.74) is 5.82. The summed E-state index contributed by atoms with van der Waals surface area (Å²) >= 11 is 1.63. The monoisotopic (exact) mass is 262 g/mol. The molecule has 0 aliphatic carbocycles. The average Bonchev–Trinajstić information content (AvgIpc) is 2.85. The second-order valence-electron chi connectivity index (χ2n) is 4.91. The van der Waals surface area contributed by atoms with Gasteiger partial charge in [-0.3, -0.25) is 0 Å². The molecule has 2 aromatic rings. The van der Waals surface area contributed by atoms with Crippen molar-refractivity contribution in [1.29, 1.82) is 0 Å². The first-order valence-corrected chi connectivity index (χ1v) is 7.41. The fraction of sp³-hybridized carbons (Fsp3) is 0.538. The summed E-state index contributed by atoms with van der Waals surface area (Å²) in [6, 6.07) is 2.10. The Kier molecular flexibility index (Phi) is 3.07. The number of aromatic nitrogens is 2. The van der Waals surface area contributed by atoms with Gasteiger partial charge in [0.25, 0.3) is 0 Å². The van der Waals surface area contributed by atoms with Crippen LogP contribution in [0.4, 0.5) is 11.8 Å². The summed E-state index contributed by atoms with van der Waals surface area (Å²) in [5, 5.41) is 3.20. The molecule has 0 saturated carbocycles. The molecule has 1 fully saturated rings. The number of nitrogen functional groups attached to an aromatic ring is 1. The minimum atomic E-state index is 0.388. The third-order valence-corrected chi connectivity index (χ3v) is 4.52. The van der Waals surface area contributed by atoms with Gasteiger partial charge in [-0.2, -0.15) is 4.98 Å². The number of hydrogen-bond donors (Lipinski definition) is 1. The summed E-state index contributed by atoms with van der Waals surface area (Å²) in [5.74, 6) is 2.19. The van der Waals surface area contributed by atoms with Crippen LogP contribution in [0, 0.1) is 5.92 Å². The first-order valence-electron chi connectivity index (χ1n) is 6.53. The maximum absolute atomic E-state index is 5.82. The van der Waals surface area contributed by atoms with Crippen LogP contribution in [0.15, 0.2) is 11.4 Å². The summed E-state index contributed by atoms with van der Waals surface area (Å²) in [7, 11) is 0. The number of piperidine rings is 1. The maximum atomic E-state index is 5.82. The van der Waals surface area contributed by atoms with Crippen LogP contribution in [0.2, 0.25) is 0 Å². The number of hydrogen-bond acceptors (Lipinski definition) is 5. The van der Waals surface area contributed by atoms with Gasteiger partial charge < -0.3 is 10.6 Å². The average molecular weight is 262 g/mol. The van der Waals surface area contributed by atoms with Gasteiger partial charge in [0.1, 0.15) is 10.6 Å². The predicted octanol–water partition coefficient (Wildman–Crippen LogP) is 2.90. The molecule has 0 radical (unpaired) electrons. The highest BCUT2D eigenvalue weighted by molar-refractivity contribution is 7.16. The number of fused-ring (bicyclic) bond motifs is 1. The fourth-order valence-corrected chi connectivity index (χ4v) is 3.45. The van der Waals surface area contributed by atoms with Crippen LogP contribution in [-0.2, 0) is 0 Å². The Morgan fingerprint density at radius 3 is 3.22 bits per heavy atom. The van der Waals surface area contributed by atoms with Crippen molar-refractivity contribution < 1.29 is 0 Å². The minimum absolute atomic E-state index is 0.388. The molecule has 96 valence electrons. The van der Waals surface area contributed by atoms with E-state index >= 15 is 0 Å². The Morgan fingerprint density at radius 2 is 2.39 bits per heavy atom. The first kappa shape index (κ1) is 11.7. The molecular weight excluding hydrogens is 244 g/mol. The highest BCUT2D eigenvalue weighted by Crippen LogP contribution is 2.31. The van der Waals surface area contributed by atoms with Crippen molar-refractivity contribution in [3.8, 4) is 0 Å². The lowest BCUT2D eigenvalue weighted by Gasteiger charge is -2.33. The normalized spacial score (nSPS) is 20.5. The van der Waals surface area contributed by atoms with Gasteiger partial charge in [0.05, 0.1) is 5.39 Å². The van der Waals surface area contributed by atoms with E-state index in [0.717, 1.165) is 35.0 Å². The zero-order valence-corrected chi connectivity index (χ0v) is 11.4. The van der Waals surface area contributed by atoms with Crippen molar-refractivity contribution >= 4 is 33.3 Å². The molecule has 3 heterocycles. The molecule has 0 amide bonds. The zero-order valence-electron chi connectivity index (χ0n) is 10.6. The molecule has 0 bridgehead atoms. The highest BCUT2D eigenvalue weighted by Gasteiger charge is 2.22. The van der Waals surface area contributed by atoms with Crippen LogP contribution >= 0.6 is 11.3 Å². The van der Waals surface area contributed by atoms with Crippen LogP contribution in [0.25, 0.3) is 10.2 Å². The van der Waals surface area contributed by atoms with Crippen molar-refractivity contribution in [2.24, 2.45) is 5.92 Å². The third kappa shape index (κ3) is 2.03. The van der Waals surface area contributed by atoms with E-state index in [4.69, 9.17) is 5.73 Å². The summed E-state index contributed by atoms with van der Waals surface area (Å²) < 4.78 is 0. The van der Waals surface area contributed by atoms with Gasteiger partial charge in [-0.25, -0.2) is 4.98 Å². The maximum Gasteiger partial charge on any atom is 0.223 e. The van der Waals surface area contributed by atoms with E-state index in [1.807, 2.05) is 0 Å². The van der Waals surface area contributed by atoms with Gasteiger partial charge in [-0.05, 0) is 30.2 Å². The molecule has 1 aliphatic heterocycles. The Morgan fingerprint density at radius 1 is 1.50 bits per heavy atom. The lowest BCUT2D eigenvalue weighted by molar-refractivity contribution is 0.403. The molecular formula is C13H18N4S. The Labute approximate surface area is 111 Å². The number of nitrogens with zero attached hydrogens (tertiary/aromatic N) is 3. The van der Waals surface area contributed by atoms with Gasteiger partial charge in [-0.1, -0.05) is 13.3 Å². The number of nitrogens with two attached hydrogens (primary N) is 1. The minimum Gasteiger partial charge on any atom is -0.368 e. The molecule has 0 aromatic carbocycles. The summed E-state index contributed by atoms with van der Waals surface area (Å²) in [6.45, 7) is 4.44. The fourth-order valence-electron chi connectivity index (χ4n) is 2.69. The van der Waals surface area contributed by atoms with Crippen molar-refractivity contribution in [1.82, 2.24) is 9.97 Å². The second kappa shape index (κ2) is 4.72. The van der Waals surface area contributed by atoms with E-state index in [0.29, 0.717) is 5.95 Å². The lowest BCUT2D eigenvalue weighted by atomic mass is 9.95. The highest BCUT2D eigenvalue weighted by atomic mass is 32.1. The van der Waals surface area contributed by atoms with Crippen LogP contribution in [0.1, 0.15) is 26.2 Å². The molecule has 1 saturated heterocycles. The van der Waals surface area contributed by atoms with Crippen molar-refractivity contribution in [2.45, 2.75) is 26.2 Å². The second-order valence-corrected chi connectivity index (χ2v) is 5.80. The SMILES string of the molecule is CCC1CCCN(c2nc(N)nc3sccc23)C1. The third-order valence-electron chi connectivity index (χ3n) is 3.72. The Hall–Kier alpha value is -1.36. The molecule has 1 atom stereocenters. The van der Waals surface area contributed by atoms with Crippen molar-refractivity contribution in [3.63, 3.8) is 0 Å². The zero-order chi connectivity index (χ0) is 12.5. The molecule has 5 heteroatoms. The summed E-state index contributed by atoms with van der Waals surface area (Å²) in [6.07, 6.45) is 3.82. The van der Waals surface area contributed by atoms with Crippen LogP contribution in [-0.4, -0.2) is 23.1 Å². The Balaban J connectivity index is 2.00. The van der Waals surface area contributed by atoms with E-state index in [1.165, 1.54) is 19.3 Å². The number of anilines is 2. The molecule has 0 spiro atoms. The smallest absolute Gasteiger partial charge is 0.223 e. The molecule has 2 aromatic heterocycles. The van der Waals surface area contributed by atoms with Gasteiger partial charge in [0, 0.05) is 13.1 Å². The van der Waals surface area contributed by atoms with E-state index in [9.17, 15) is 0 Å². The molecule has 1 unspecified atom stereocenters. The quantitative estimate of drug-likeness (QED) is 0.904. The molecule has 1 aliphatic rings. The number of thiophene rings is 1. The first-order chi connectivity index (χ1) is 8.78. The predicted molar refractivity (Wildman–Crippen MR) is 77.1 cm³/mol. The van der Waals surface area contributed by atoms with Gasteiger partial charge in [0.15, 0.2) is 0 Å². The summed E-state index contributed by atoms with van der Waals surface area (Å²) in [4.78, 5) is 12.1.